The van der Waals surface area contributed by atoms with Gasteiger partial charge in [-0.05, 0) is 48.6 Å². The number of nitrogens with zero attached hydrogens (tertiary/aromatic N) is 3. The molecule has 1 fully saturated rings. The molecule has 0 spiro atoms. The van der Waals surface area contributed by atoms with Crippen LogP contribution in [-0.4, -0.2) is 52.3 Å². The normalized spacial score (nSPS) is 14.4. The molecule has 6 nitrogen and oxygen atoms in total. The highest BCUT2D eigenvalue weighted by atomic mass is 32.1. The molecule has 0 radical (unpaired) electrons. The van der Waals surface area contributed by atoms with Crippen molar-refractivity contribution < 1.29 is 9.59 Å². The molecule has 1 aromatic heterocycles. The fourth-order valence-electron chi connectivity index (χ4n) is 3.37. The van der Waals surface area contributed by atoms with Crippen LogP contribution in [0.2, 0.25) is 0 Å². The van der Waals surface area contributed by atoms with E-state index in [1.54, 1.807) is 9.80 Å². The van der Waals surface area contributed by atoms with Crippen molar-refractivity contribution in [3.63, 3.8) is 0 Å². The first kappa shape index (κ1) is 18.4. The van der Waals surface area contributed by atoms with E-state index in [1.165, 1.54) is 11.5 Å². The van der Waals surface area contributed by atoms with E-state index in [0.717, 1.165) is 26.9 Å². The summed E-state index contributed by atoms with van der Waals surface area (Å²) in [5.74, 6) is -0.0629. The topological polar surface area (TPSA) is 65.5 Å². The predicted molar refractivity (Wildman–Crippen MR) is 112 cm³/mol. The molecule has 3 amide bonds. The Bertz CT molecular complexity index is 1040. The minimum Gasteiger partial charge on any atom is -0.334 e. The molecule has 3 aromatic rings. The molecule has 0 unspecified atom stereocenters. The van der Waals surface area contributed by atoms with Gasteiger partial charge in [-0.2, -0.15) is 4.37 Å². The maximum absolute atomic E-state index is 12.9. The van der Waals surface area contributed by atoms with Crippen molar-refractivity contribution in [2.24, 2.45) is 0 Å². The fourth-order valence-corrected chi connectivity index (χ4v) is 4.14. The summed E-state index contributed by atoms with van der Waals surface area (Å²) in [5.41, 5.74) is 3.47. The lowest BCUT2D eigenvalue weighted by molar-refractivity contribution is 0.0669. The van der Waals surface area contributed by atoms with Crippen LogP contribution in [0.3, 0.4) is 0 Å². The largest absolute Gasteiger partial charge is 0.334 e. The molecule has 0 aliphatic carbocycles. The van der Waals surface area contributed by atoms with E-state index in [4.69, 9.17) is 0 Å². The lowest BCUT2D eigenvalue weighted by Crippen LogP contribution is -2.51. The molecule has 1 aliphatic heterocycles. The summed E-state index contributed by atoms with van der Waals surface area (Å²) in [6.07, 6.45) is 0. The zero-order valence-electron chi connectivity index (χ0n) is 15.9. The lowest BCUT2D eigenvalue weighted by Gasteiger charge is -2.34. The SMILES string of the molecule is Cc1ccc(C)c(NC(=O)N2CCN(C(=O)c3nsc4ccccc34)CC2)c1. The highest BCUT2D eigenvalue weighted by molar-refractivity contribution is 7.13. The average Bonchev–Trinajstić information content (AvgIpc) is 3.14. The highest BCUT2D eigenvalue weighted by Gasteiger charge is 2.27. The van der Waals surface area contributed by atoms with Crippen molar-refractivity contribution in [3.05, 3.63) is 59.3 Å². The Labute approximate surface area is 167 Å². The van der Waals surface area contributed by atoms with Crippen LogP contribution >= 0.6 is 11.5 Å². The van der Waals surface area contributed by atoms with E-state index < -0.39 is 0 Å². The minimum atomic E-state index is -0.125. The Morgan fingerprint density at radius 3 is 2.50 bits per heavy atom. The van der Waals surface area contributed by atoms with Gasteiger partial charge < -0.3 is 15.1 Å². The van der Waals surface area contributed by atoms with E-state index in [1.807, 2.05) is 56.3 Å². The van der Waals surface area contributed by atoms with E-state index >= 15 is 0 Å². The summed E-state index contributed by atoms with van der Waals surface area (Å²) < 4.78 is 5.37. The highest BCUT2D eigenvalue weighted by Crippen LogP contribution is 2.24. The maximum atomic E-state index is 12.9. The molecule has 4 rings (SSSR count). The van der Waals surface area contributed by atoms with Gasteiger partial charge in [0.25, 0.3) is 5.91 Å². The smallest absolute Gasteiger partial charge is 0.321 e. The number of nitrogens with one attached hydrogen (secondary N) is 1. The number of carbonyl (C=O) groups is 2. The van der Waals surface area contributed by atoms with Gasteiger partial charge >= 0.3 is 6.03 Å². The third-order valence-corrected chi connectivity index (χ3v) is 5.90. The number of aromatic nitrogens is 1. The molecule has 1 saturated heterocycles. The number of hydrogen-bond donors (Lipinski definition) is 1. The Hall–Kier alpha value is -2.93. The lowest BCUT2D eigenvalue weighted by atomic mass is 10.1. The molecule has 1 N–H and O–H groups in total. The molecular weight excluding hydrogens is 372 g/mol. The van der Waals surface area contributed by atoms with Gasteiger partial charge in [0, 0.05) is 37.3 Å². The summed E-state index contributed by atoms with van der Waals surface area (Å²) in [6, 6.07) is 13.6. The molecule has 1 aliphatic rings. The first-order chi connectivity index (χ1) is 13.5. The molecule has 7 heteroatoms. The molecule has 2 heterocycles. The van der Waals surface area contributed by atoms with Crippen molar-refractivity contribution in [1.82, 2.24) is 14.2 Å². The van der Waals surface area contributed by atoms with Crippen LogP contribution in [0.25, 0.3) is 10.1 Å². The summed E-state index contributed by atoms with van der Waals surface area (Å²) in [4.78, 5) is 29.0. The van der Waals surface area contributed by atoms with Crippen LogP contribution in [0.15, 0.2) is 42.5 Å². The quantitative estimate of drug-likeness (QED) is 0.717. The molecule has 0 atom stereocenters. The summed E-state index contributed by atoms with van der Waals surface area (Å²) in [5, 5.41) is 3.89. The number of benzene rings is 2. The van der Waals surface area contributed by atoms with Crippen molar-refractivity contribution in [2.75, 3.05) is 31.5 Å². The first-order valence-electron chi connectivity index (χ1n) is 9.30. The van der Waals surface area contributed by atoms with E-state index in [-0.39, 0.29) is 11.9 Å². The second kappa shape index (κ2) is 7.59. The van der Waals surface area contributed by atoms with Crippen molar-refractivity contribution in [3.8, 4) is 0 Å². The number of hydrogen-bond acceptors (Lipinski definition) is 4. The zero-order chi connectivity index (χ0) is 19.7. The molecule has 0 bridgehead atoms. The van der Waals surface area contributed by atoms with Crippen LogP contribution in [0.1, 0.15) is 21.6 Å². The average molecular weight is 395 g/mol. The third kappa shape index (κ3) is 3.57. The molecule has 144 valence electrons. The number of aryl methyl sites for hydroxylation is 2. The van der Waals surface area contributed by atoms with Crippen LogP contribution in [-0.2, 0) is 0 Å². The fraction of sp³-hybridized carbons (Fsp3) is 0.286. The van der Waals surface area contributed by atoms with Crippen molar-refractivity contribution in [2.45, 2.75) is 13.8 Å². The van der Waals surface area contributed by atoms with E-state index in [9.17, 15) is 9.59 Å². The Morgan fingerprint density at radius 1 is 1.00 bits per heavy atom. The first-order valence-corrected chi connectivity index (χ1v) is 10.1. The molecule has 0 saturated carbocycles. The van der Waals surface area contributed by atoms with Crippen LogP contribution in [0.4, 0.5) is 10.5 Å². The maximum Gasteiger partial charge on any atom is 0.321 e. The standard InChI is InChI=1S/C21H22N4O2S/c1-14-7-8-15(2)17(13-14)22-21(27)25-11-9-24(10-12-25)20(26)19-16-5-3-4-6-18(16)28-23-19/h3-8,13H,9-12H2,1-2H3,(H,22,27). The number of amides is 3. The number of piperazine rings is 1. The van der Waals surface area contributed by atoms with Gasteiger partial charge in [-0.3, -0.25) is 4.79 Å². The number of urea groups is 1. The second-order valence-electron chi connectivity index (χ2n) is 7.06. The van der Waals surface area contributed by atoms with Crippen LogP contribution < -0.4 is 5.32 Å². The monoisotopic (exact) mass is 394 g/mol. The predicted octanol–water partition coefficient (Wildman–Crippen LogP) is 3.90. The van der Waals surface area contributed by atoms with Crippen LogP contribution in [0.5, 0.6) is 0 Å². The number of rotatable bonds is 2. The van der Waals surface area contributed by atoms with Crippen molar-refractivity contribution >= 4 is 39.2 Å². The van der Waals surface area contributed by atoms with Gasteiger partial charge in [0.15, 0.2) is 0 Å². The van der Waals surface area contributed by atoms with Gasteiger partial charge in [-0.15, -0.1) is 0 Å². The second-order valence-corrected chi connectivity index (χ2v) is 7.86. The van der Waals surface area contributed by atoms with Crippen molar-refractivity contribution in [1.29, 1.82) is 0 Å². The molecular formula is C21H22N4O2S. The number of anilines is 1. The van der Waals surface area contributed by atoms with E-state index in [2.05, 4.69) is 9.69 Å². The van der Waals surface area contributed by atoms with Gasteiger partial charge in [-0.1, -0.05) is 30.3 Å². The summed E-state index contributed by atoms with van der Waals surface area (Å²) in [6.45, 7) is 6.00. The van der Waals surface area contributed by atoms with Gasteiger partial charge in [0.05, 0.1) is 4.70 Å². The summed E-state index contributed by atoms with van der Waals surface area (Å²) >= 11 is 1.34. The molecule has 2 aromatic carbocycles. The Morgan fingerprint density at radius 2 is 1.71 bits per heavy atom. The summed E-state index contributed by atoms with van der Waals surface area (Å²) in [7, 11) is 0. The van der Waals surface area contributed by atoms with Crippen LogP contribution in [0, 0.1) is 13.8 Å². The zero-order valence-corrected chi connectivity index (χ0v) is 16.8. The Balaban J connectivity index is 1.39. The van der Waals surface area contributed by atoms with E-state index in [0.29, 0.717) is 31.9 Å². The van der Waals surface area contributed by atoms with Gasteiger partial charge in [0.2, 0.25) is 0 Å². The minimum absolute atomic E-state index is 0.0629. The number of fused-ring (bicyclic) bond motifs is 1. The molecule has 28 heavy (non-hydrogen) atoms. The van der Waals surface area contributed by atoms with Gasteiger partial charge in [-0.25, -0.2) is 4.79 Å². The number of carbonyl (C=O) groups excluding carboxylic acids is 2. The third-order valence-electron chi connectivity index (χ3n) is 5.07. The Kier molecular flexibility index (Phi) is 5.00. The van der Waals surface area contributed by atoms with Gasteiger partial charge in [0.1, 0.15) is 5.69 Å².